The van der Waals surface area contributed by atoms with Gasteiger partial charge in [-0.2, -0.15) is 0 Å². The Balaban J connectivity index is 1.57. The van der Waals surface area contributed by atoms with Crippen LogP contribution in [0.25, 0.3) is 0 Å². The Labute approximate surface area is 147 Å². The number of ether oxygens (including phenoxy) is 1. The lowest BCUT2D eigenvalue weighted by atomic mass is 10.1. The molecule has 0 saturated carbocycles. The highest BCUT2D eigenvalue weighted by atomic mass is 32.1. The van der Waals surface area contributed by atoms with Crippen LogP contribution in [0.3, 0.4) is 0 Å². The molecule has 0 aliphatic heterocycles. The molecule has 1 aliphatic rings. The smallest absolute Gasteiger partial charge is 0.348 e. The third-order valence-electron chi connectivity index (χ3n) is 3.98. The van der Waals surface area contributed by atoms with Crippen LogP contribution in [0.4, 0.5) is 14.5 Å². The maximum Gasteiger partial charge on any atom is 0.348 e. The average Bonchev–Trinajstić information content (AvgIpc) is 2.87. The summed E-state index contributed by atoms with van der Waals surface area (Å²) in [6.07, 6.45) is 5.34. The molecular formula is C18H17F2NO3S. The molecule has 1 N–H and O–H groups in total. The molecule has 1 aromatic heterocycles. The highest BCUT2D eigenvalue weighted by molar-refractivity contribution is 7.14. The molecule has 1 aliphatic carbocycles. The van der Waals surface area contributed by atoms with E-state index in [-0.39, 0.29) is 5.69 Å². The second-order valence-corrected chi connectivity index (χ2v) is 7.00. The number of benzene rings is 1. The molecule has 25 heavy (non-hydrogen) atoms. The fourth-order valence-corrected chi connectivity index (χ4v) is 3.90. The number of nitrogens with one attached hydrogen (secondary N) is 1. The number of esters is 1. The largest absolute Gasteiger partial charge is 0.451 e. The number of anilines is 1. The number of carbonyl (C=O) groups is 2. The lowest BCUT2D eigenvalue weighted by Crippen LogP contribution is -2.21. The van der Waals surface area contributed by atoms with Gasteiger partial charge in [0.15, 0.2) is 6.61 Å². The zero-order valence-electron chi connectivity index (χ0n) is 13.4. The average molecular weight is 365 g/mol. The summed E-state index contributed by atoms with van der Waals surface area (Å²) in [5.74, 6) is -2.74. The van der Waals surface area contributed by atoms with Gasteiger partial charge in [0.05, 0.1) is 5.69 Å². The van der Waals surface area contributed by atoms with Crippen LogP contribution in [0.5, 0.6) is 0 Å². The van der Waals surface area contributed by atoms with Gasteiger partial charge in [-0.05, 0) is 49.4 Å². The molecule has 1 aromatic carbocycles. The number of halogens is 2. The topological polar surface area (TPSA) is 55.4 Å². The van der Waals surface area contributed by atoms with Crippen molar-refractivity contribution in [1.82, 2.24) is 0 Å². The number of fused-ring (bicyclic) bond motifs is 1. The normalized spacial score (nSPS) is 13.7. The van der Waals surface area contributed by atoms with Crippen LogP contribution in [-0.2, 0) is 22.4 Å². The van der Waals surface area contributed by atoms with Crippen molar-refractivity contribution in [2.45, 2.75) is 32.1 Å². The van der Waals surface area contributed by atoms with Crippen LogP contribution in [0.2, 0.25) is 0 Å². The van der Waals surface area contributed by atoms with Crippen molar-refractivity contribution in [2.75, 3.05) is 11.9 Å². The lowest BCUT2D eigenvalue weighted by molar-refractivity contribution is -0.119. The molecule has 2 aromatic rings. The monoisotopic (exact) mass is 365 g/mol. The van der Waals surface area contributed by atoms with E-state index in [9.17, 15) is 18.4 Å². The van der Waals surface area contributed by atoms with Crippen molar-refractivity contribution >= 4 is 28.9 Å². The van der Waals surface area contributed by atoms with Crippen LogP contribution < -0.4 is 5.32 Å². The predicted octanol–water partition coefficient (Wildman–Crippen LogP) is 4.09. The minimum absolute atomic E-state index is 0.288. The van der Waals surface area contributed by atoms with Gasteiger partial charge < -0.3 is 10.1 Å². The lowest BCUT2D eigenvalue weighted by Gasteiger charge is -2.07. The molecule has 0 spiro atoms. The molecule has 3 rings (SSSR count). The van der Waals surface area contributed by atoms with E-state index in [1.165, 1.54) is 28.2 Å². The van der Waals surface area contributed by atoms with Crippen molar-refractivity contribution < 1.29 is 23.1 Å². The van der Waals surface area contributed by atoms with E-state index in [2.05, 4.69) is 5.32 Å². The quantitative estimate of drug-likeness (QED) is 0.656. The predicted molar refractivity (Wildman–Crippen MR) is 90.8 cm³/mol. The van der Waals surface area contributed by atoms with Gasteiger partial charge in [-0.3, -0.25) is 4.79 Å². The Morgan fingerprint density at radius 2 is 1.92 bits per heavy atom. The number of thiophene rings is 1. The van der Waals surface area contributed by atoms with E-state index in [0.29, 0.717) is 4.88 Å². The molecule has 7 heteroatoms. The second kappa shape index (κ2) is 7.74. The molecule has 0 bridgehead atoms. The number of aryl methyl sites for hydroxylation is 2. The third-order valence-corrected chi connectivity index (χ3v) is 5.20. The van der Waals surface area contributed by atoms with Crippen LogP contribution in [0.1, 0.15) is 39.4 Å². The fourth-order valence-electron chi connectivity index (χ4n) is 2.75. The maximum absolute atomic E-state index is 13.5. The summed E-state index contributed by atoms with van der Waals surface area (Å²) in [6, 6.07) is 4.56. The van der Waals surface area contributed by atoms with E-state index in [0.717, 1.165) is 43.9 Å². The Morgan fingerprint density at radius 3 is 2.76 bits per heavy atom. The minimum Gasteiger partial charge on any atom is -0.451 e. The molecular weight excluding hydrogens is 348 g/mol. The zero-order valence-corrected chi connectivity index (χ0v) is 14.3. The summed E-state index contributed by atoms with van der Waals surface area (Å²) < 4.78 is 31.5. The summed E-state index contributed by atoms with van der Waals surface area (Å²) in [7, 11) is 0. The zero-order chi connectivity index (χ0) is 17.8. The van der Waals surface area contributed by atoms with Crippen molar-refractivity contribution in [3.63, 3.8) is 0 Å². The van der Waals surface area contributed by atoms with E-state index in [1.54, 1.807) is 0 Å². The van der Waals surface area contributed by atoms with Crippen LogP contribution in [-0.4, -0.2) is 18.5 Å². The van der Waals surface area contributed by atoms with Crippen LogP contribution >= 0.6 is 11.3 Å². The SMILES string of the molecule is O=C(COC(=O)c1cc2c(s1)CCCCC2)Nc1cc(F)ccc1F. The first-order chi connectivity index (χ1) is 12.0. The highest BCUT2D eigenvalue weighted by Crippen LogP contribution is 2.29. The Kier molecular flexibility index (Phi) is 5.43. The number of rotatable bonds is 4. The first kappa shape index (κ1) is 17.5. The minimum atomic E-state index is -0.761. The van der Waals surface area contributed by atoms with Crippen molar-refractivity contribution in [2.24, 2.45) is 0 Å². The first-order valence-corrected chi connectivity index (χ1v) is 8.88. The van der Waals surface area contributed by atoms with Gasteiger partial charge in [-0.1, -0.05) is 6.42 Å². The van der Waals surface area contributed by atoms with Gasteiger partial charge in [0.2, 0.25) is 0 Å². The van der Waals surface area contributed by atoms with Gasteiger partial charge >= 0.3 is 5.97 Å². The van der Waals surface area contributed by atoms with E-state index < -0.39 is 30.1 Å². The molecule has 1 amide bonds. The van der Waals surface area contributed by atoms with Crippen molar-refractivity contribution in [3.8, 4) is 0 Å². The molecule has 132 valence electrons. The van der Waals surface area contributed by atoms with Gasteiger partial charge in [0, 0.05) is 10.9 Å². The summed E-state index contributed by atoms with van der Waals surface area (Å²) >= 11 is 1.40. The molecule has 4 nitrogen and oxygen atoms in total. The second-order valence-electron chi connectivity index (χ2n) is 5.87. The summed E-state index contributed by atoms with van der Waals surface area (Å²) in [4.78, 5) is 25.6. The van der Waals surface area contributed by atoms with Crippen molar-refractivity contribution in [1.29, 1.82) is 0 Å². The number of hydrogen-bond donors (Lipinski definition) is 1. The van der Waals surface area contributed by atoms with Crippen LogP contribution in [0, 0.1) is 11.6 Å². The first-order valence-electron chi connectivity index (χ1n) is 8.06. The third kappa shape index (κ3) is 4.42. The summed E-state index contributed by atoms with van der Waals surface area (Å²) in [5.41, 5.74) is 0.893. The molecule has 1 heterocycles. The summed E-state index contributed by atoms with van der Waals surface area (Å²) in [5, 5.41) is 2.19. The standard InChI is InChI=1S/C18H17F2NO3S/c19-12-6-7-13(20)14(9-12)21-17(22)10-24-18(23)16-8-11-4-2-1-3-5-15(11)25-16/h6-9H,1-5,10H2,(H,21,22). The van der Waals surface area contributed by atoms with Crippen molar-refractivity contribution in [3.05, 3.63) is 51.2 Å². The van der Waals surface area contributed by atoms with Gasteiger partial charge in [0.1, 0.15) is 16.5 Å². The van der Waals surface area contributed by atoms with Gasteiger partial charge in [-0.15, -0.1) is 11.3 Å². The number of amides is 1. The molecule has 0 atom stereocenters. The highest BCUT2D eigenvalue weighted by Gasteiger charge is 2.18. The maximum atomic E-state index is 13.5. The Hall–Kier alpha value is -2.28. The van der Waals surface area contributed by atoms with E-state index in [4.69, 9.17) is 4.74 Å². The summed E-state index contributed by atoms with van der Waals surface area (Å²) in [6.45, 7) is -0.558. The molecule has 0 radical (unpaired) electrons. The van der Waals surface area contributed by atoms with E-state index >= 15 is 0 Å². The Morgan fingerprint density at radius 1 is 1.12 bits per heavy atom. The van der Waals surface area contributed by atoms with Crippen LogP contribution in [0.15, 0.2) is 24.3 Å². The Bertz CT molecular complexity index is 780. The fraction of sp³-hybridized carbons (Fsp3) is 0.333. The van der Waals surface area contributed by atoms with Gasteiger partial charge in [0.25, 0.3) is 5.91 Å². The molecule has 0 saturated heterocycles. The van der Waals surface area contributed by atoms with Gasteiger partial charge in [-0.25, -0.2) is 13.6 Å². The van der Waals surface area contributed by atoms with E-state index in [1.807, 2.05) is 6.07 Å². The number of hydrogen-bond acceptors (Lipinski definition) is 4. The molecule has 0 fully saturated rings. The number of carbonyl (C=O) groups excluding carboxylic acids is 2. The molecule has 0 unspecified atom stereocenters.